The zero-order valence-corrected chi connectivity index (χ0v) is 10.6. The van der Waals surface area contributed by atoms with Gasteiger partial charge in [0.25, 0.3) is 0 Å². The summed E-state index contributed by atoms with van der Waals surface area (Å²) in [6.07, 6.45) is 4.18. The van der Waals surface area contributed by atoms with Gasteiger partial charge in [0.05, 0.1) is 0 Å². The minimum Gasteiger partial charge on any atom is -0.480 e. The lowest BCUT2D eigenvalue weighted by atomic mass is 9.96. The van der Waals surface area contributed by atoms with Crippen LogP contribution in [-0.4, -0.2) is 47.7 Å². The van der Waals surface area contributed by atoms with Crippen molar-refractivity contribution in [3.63, 3.8) is 0 Å². The number of likely N-dealkylation sites (N-methyl/N-ethyl adjacent to an activating group) is 1. The highest BCUT2D eigenvalue weighted by molar-refractivity contribution is 5.78. The van der Waals surface area contributed by atoms with Crippen LogP contribution in [0.2, 0.25) is 0 Å². The molecule has 2 atom stereocenters. The molecule has 16 heavy (non-hydrogen) atoms. The summed E-state index contributed by atoms with van der Waals surface area (Å²) in [6.45, 7) is 6.19. The number of nitrogens with one attached hydrogen (secondary N) is 1. The Labute approximate surface area is 98.0 Å². The van der Waals surface area contributed by atoms with Crippen molar-refractivity contribution in [3.8, 4) is 0 Å². The Morgan fingerprint density at radius 3 is 2.75 bits per heavy atom. The maximum atomic E-state index is 11.1. The largest absolute Gasteiger partial charge is 0.480 e. The molecule has 2 unspecified atom stereocenters. The van der Waals surface area contributed by atoms with Crippen LogP contribution in [0.3, 0.4) is 0 Å². The smallest absolute Gasteiger partial charge is 0.323 e. The first-order valence-electron chi connectivity index (χ1n) is 6.16. The molecule has 4 nitrogen and oxygen atoms in total. The van der Waals surface area contributed by atoms with E-state index in [1.54, 1.807) is 14.0 Å². The summed E-state index contributed by atoms with van der Waals surface area (Å²) in [4.78, 5) is 13.5. The summed E-state index contributed by atoms with van der Waals surface area (Å²) in [5.74, 6) is -0.760. The highest BCUT2D eigenvalue weighted by Gasteiger charge is 2.31. The van der Waals surface area contributed by atoms with Gasteiger partial charge in [-0.05, 0) is 59.7 Å². The molecule has 0 aromatic heterocycles. The molecule has 94 valence electrons. The van der Waals surface area contributed by atoms with Gasteiger partial charge in [-0.2, -0.15) is 0 Å². The van der Waals surface area contributed by atoms with E-state index in [1.807, 2.05) is 0 Å². The average molecular weight is 228 g/mol. The molecular weight excluding hydrogens is 204 g/mol. The summed E-state index contributed by atoms with van der Waals surface area (Å²) < 4.78 is 0. The van der Waals surface area contributed by atoms with E-state index in [0.717, 1.165) is 13.0 Å². The molecule has 1 saturated heterocycles. The summed E-state index contributed by atoms with van der Waals surface area (Å²) in [5, 5.41) is 12.0. The van der Waals surface area contributed by atoms with E-state index < -0.39 is 11.5 Å². The standard InChI is InChI=1S/C12H24N2O2/c1-10-6-4-8-14(10)9-5-7-12(2,13-3)11(15)16/h10,13H,4-9H2,1-3H3,(H,15,16). The number of carboxylic acids is 1. The van der Waals surface area contributed by atoms with Gasteiger partial charge in [-0.3, -0.25) is 4.79 Å². The Bertz CT molecular complexity index is 245. The summed E-state index contributed by atoms with van der Waals surface area (Å²) >= 11 is 0. The van der Waals surface area contributed by atoms with E-state index in [-0.39, 0.29) is 0 Å². The van der Waals surface area contributed by atoms with Crippen molar-refractivity contribution >= 4 is 5.97 Å². The second kappa shape index (κ2) is 5.64. The zero-order valence-electron chi connectivity index (χ0n) is 10.6. The number of nitrogens with zero attached hydrogens (tertiary/aromatic N) is 1. The van der Waals surface area contributed by atoms with E-state index in [2.05, 4.69) is 17.1 Å². The van der Waals surface area contributed by atoms with Gasteiger partial charge in [-0.15, -0.1) is 0 Å². The van der Waals surface area contributed by atoms with E-state index >= 15 is 0 Å². The van der Waals surface area contributed by atoms with Crippen molar-refractivity contribution < 1.29 is 9.90 Å². The van der Waals surface area contributed by atoms with Gasteiger partial charge in [0.15, 0.2) is 0 Å². The highest BCUT2D eigenvalue weighted by Crippen LogP contribution is 2.19. The molecule has 0 spiro atoms. The van der Waals surface area contributed by atoms with Gasteiger partial charge in [-0.25, -0.2) is 0 Å². The summed E-state index contributed by atoms with van der Waals surface area (Å²) in [7, 11) is 1.71. The summed E-state index contributed by atoms with van der Waals surface area (Å²) in [6, 6.07) is 0.672. The Morgan fingerprint density at radius 2 is 2.31 bits per heavy atom. The van der Waals surface area contributed by atoms with E-state index in [9.17, 15) is 4.79 Å². The molecule has 0 aliphatic carbocycles. The number of carbonyl (C=O) groups is 1. The number of hydrogen-bond donors (Lipinski definition) is 2. The van der Waals surface area contributed by atoms with Gasteiger partial charge in [-0.1, -0.05) is 0 Å². The molecule has 0 aromatic carbocycles. The van der Waals surface area contributed by atoms with Crippen LogP contribution in [0.4, 0.5) is 0 Å². The average Bonchev–Trinajstić information content (AvgIpc) is 2.64. The monoisotopic (exact) mass is 228 g/mol. The Kier molecular flexibility index (Phi) is 4.74. The predicted molar refractivity (Wildman–Crippen MR) is 64.6 cm³/mol. The number of rotatable bonds is 6. The predicted octanol–water partition coefficient (Wildman–Crippen LogP) is 1.31. The second-order valence-corrected chi connectivity index (χ2v) is 5.02. The normalized spacial score (nSPS) is 25.6. The number of carboxylic acid groups (broad SMARTS) is 1. The molecule has 2 N–H and O–H groups in total. The van der Waals surface area contributed by atoms with E-state index in [1.165, 1.54) is 19.4 Å². The van der Waals surface area contributed by atoms with Gasteiger partial charge >= 0.3 is 5.97 Å². The quantitative estimate of drug-likeness (QED) is 0.720. The van der Waals surface area contributed by atoms with Crippen LogP contribution in [0.5, 0.6) is 0 Å². The maximum Gasteiger partial charge on any atom is 0.323 e. The molecule has 1 fully saturated rings. The first-order valence-corrected chi connectivity index (χ1v) is 6.16. The number of hydrogen-bond acceptors (Lipinski definition) is 3. The van der Waals surface area contributed by atoms with Gasteiger partial charge < -0.3 is 15.3 Å². The van der Waals surface area contributed by atoms with Crippen molar-refractivity contribution in [2.45, 2.75) is 51.1 Å². The molecule has 1 aliphatic heterocycles. The highest BCUT2D eigenvalue weighted by atomic mass is 16.4. The molecule has 0 bridgehead atoms. The second-order valence-electron chi connectivity index (χ2n) is 5.02. The molecule has 4 heteroatoms. The molecule has 0 radical (unpaired) electrons. The first-order chi connectivity index (χ1) is 7.49. The Balaban J connectivity index is 2.31. The molecule has 0 aromatic rings. The molecule has 1 rings (SSSR count). The first kappa shape index (κ1) is 13.5. The fourth-order valence-electron chi connectivity index (χ4n) is 2.30. The van der Waals surface area contributed by atoms with Crippen molar-refractivity contribution in [1.82, 2.24) is 10.2 Å². The molecule has 1 aliphatic rings. The van der Waals surface area contributed by atoms with Gasteiger partial charge in [0, 0.05) is 6.04 Å². The third-order valence-corrected chi connectivity index (χ3v) is 3.84. The van der Waals surface area contributed by atoms with Crippen LogP contribution in [0.1, 0.15) is 39.5 Å². The molecular formula is C12H24N2O2. The fraction of sp³-hybridized carbons (Fsp3) is 0.917. The minimum atomic E-state index is -0.775. The lowest BCUT2D eigenvalue weighted by molar-refractivity contribution is -0.144. The SMILES string of the molecule is CNC(C)(CCCN1CCCC1C)C(=O)O. The van der Waals surface area contributed by atoms with Crippen molar-refractivity contribution in [1.29, 1.82) is 0 Å². The van der Waals surface area contributed by atoms with Gasteiger partial charge in [0.1, 0.15) is 5.54 Å². The van der Waals surface area contributed by atoms with Crippen LogP contribution in [0.25, 0.3) is 0 Å². The van der Waals surface area contributed by atoms with Gasteiger partial charge in [0.2, 0.25) is 0 Å². The third kappa shape index (κ3) is 3.19. The Morgan fingerprint density at radius 1 is 1.62 bits per heavy atom. The molecule has 1 heterocycles. The lowest BCUT2D eigenvalue weighted by Crippen LogP contribution is -2.48. The third-order valence-electron chi connectivity index (χ3n) is 3.84. The molecule has 0 amide bonds. The summed E-state index contributed by atoms with van der Waals surface area (Å²) in [5.41, 5.74) is -0.775. The van der Waals surface area contributed by atoms with Crippen molar-refractivity contribution in [3.05, 3.63) is 0 Å². The minimum absolute atomic E-state index is 0.672. The van der Waals surface area contributed by atoms with E-state index in [4.69, 9.17) is 5.11 Å². The number of likely N-dealkylation sites (tertiary alicyclic amines) is 1. The topological polar surface area (TPSA) is 52.6 Å². The van der Waals surface area contributed by atoms with Crippen molar-refractivity contribution in [2.24, 2.45) is 0 Å². The Hall–Kier alpha value is -0.610. The maximum absolute atomic E-state index is 11.1. The van der Waals surface area contributed by atoms with Crippen molar-refractivity contribution in [2.75, 3.05) is 20.1 Å². The van der Waals surface area contributed by atoms with Crippen LogP contribution in [0, 0.1) is 0 Å². The van der Waals surface area contributed by atoms with Crippen LogP contribution in [0.15, 0.2) is 0 Å². The van der Waals surface area contributed by atoms with E-state index in [0.29, 0.717) is 12.5 Å². The van der Waals surface area contributed by atoms with Crippen LogP contribution in [-0.2, 0) is 4.79 Å². The van der Waals surface area contributed by atoms with Crippen LogP contribution >= 0.6 is 0 Å². The number of aliphatic carboxylic acids is 1. The molecule has 0 saturated carbocycles. The lowest BCUT2D eigenvalue weighted by Gasteiger charge is -2.26. The zero-order chi connectivity index (χ0) is 12.2. The fourth-order valence-corrected chi connectivity index (χ4v) is 2.30. The van der Waals surface area contributed by atoms with Crippen LogP contribution < -0.4 is 5.32 Å².